The zero-order valence-corrected chi connectivity index (χ0v) is 30.2. The highest BCUT2D eigenvalue weighted by molar-refractivity contribution is 5.95. The van der Waals surface area contributed by atoms with E-state index in [0.717, 1.165) is 18.4 Å². The molecule has 1 saturated heterocycles. The van der Waals surface area contributed by atoms with Crippen LogP contribution < -0.4 is 9.47 Å². The predicted molar refractivity (Wildman–Crippen MR) is 185 cm³/mol. The van der Waals surface area contributed by atoms with E-state index >= 15 is 0 Å². The van der Waals surface area contributed by atoms with Crippen molar-refractivity contribution in [2.24, 2.45) is 0 Å². The molecular weight excluding hydrogens is 629 g/mol. The summed E-state index contributed by atoms with van der Waals surface area (Å²) in [7, 11) is 3.20. The molecule has 270 valence electrons. The fraction of sp³-hybridized carbons (Fsp3) is 0.605. The van der Waals surface area contributed by atoms with Crippen molar-refractivity contribution < 1.29 is 37.7 Å². The summed E-state index contributed by atoms with van der Waals surface area (Å²) in [5.74, 6) is 0.546. The average Bonchev–Trinajstić information content (AvgIpc) is 3.89. The number of piperidine rings is 1. The number of carbonyl (C=O) groups is 3. The van der Waals surface area contributed by atoms with Gasteiger partial charge in [-0.05, 0) is 103 Å². The Kier molecular flexibility index (Phi) is 13.3. The number of halogens is 1. The Labute approximate surface area is 290 Å². The van der Waals surface area contributed by atoms with E-state index in [9.17, 15) is 18.8 Å². The molecule has 11 heteroatoms. The van der Waals surface area contributed by atoms with Crippen LogP contribution in [0.15, 0.2) is 42.5 Å². The van der Waals surface area contributed by atoms with Gasteiger partial charge in [-0.25, -0.2) is 9.18 Å². The number of benzene rings is 2. The summed E-state index contributed by atoms with van der Waals surface area (Å²) in [5, 5.41) is 0. The molecule has 0 spiro atoms. The van der Waals surface area contributed by atoms with Crippen molar-refractivity contribution >= 4 is 17.9 Å². The molecule has 1 saturated carbocycles. The van der Waals surface area contributed by atoms with E-state index in [1.54, 1.807) is 49.5 Å². The molecule has 0 N–H and O–H groups in total. The summed E-state index contributed by atoms with van der Waals surface area (Å²) in [6.45, 7) is 11.3. The fourth-order valence-corrected chi connectivity index (χ4v) is 6.42. The molecule has 49 heavy (non-hydrogen) atoms. The van der Waals surface area contributed by atoms with Crippen LogP contribution in [0.1, 0.15) is 89.1 Å². The number of amides is 3. The van der Waals surface area contributed by atoms with Crippen LogP contribution in [-0.2, 0) is 20.7 Å². The first-order valence-corrected chi connectivity index (χ1v) is 17.5. The smallest absolute Gasteiger partial charge is 0.410 e. The van der Waals surface area contributed by atoms with Gasteiger partial charge in [-0.15, -0.1) is 0 Å². The van der Waals surface area contributed by atoms with E-state index in [1.165, 1.54) is 12.1 Å². The highest BCUT2D eigenvalue weighted by Gasteiger charge is 2.40. The van der Waals surface area contributed by atoms with Gasteiger partial charge < -0.3 is 33.6 Å². The Morgan fingerprint density at radius 3 is 2.24 bits per heavy atom. The maximum atomic E-state index is 14.2. The molecule has 1 aliphatic carbocycles. The van der Waals surface area contributed by atoms with Crippen molar-refractivity contribution in [3.8, 4) is 11.5 Å². The maximum Gasteiger partial charge on any atom is 0.410 e. The van der Waals surface area contributed by atoms with Crippen molar-refractivity contribution in [2.75, 3.05) is 40.5 Å². The summed E-state index contributed by atoms with van der Waals surface area (Å²) in [5.41, 5.74) is 0.547. The van der Waals surface area contributed by atoms with E-state index < -0.39 is 11.7 Å². The van der Waals surface area contributed by atoms with Gasteiger partial charge in [0.2, 0.25) is 5.91 Å². The minimum absolute atomic E-state index is 0.00438. The third-order valence-electron chi connectivity index (χ3n) is 8.93. The number of ether oxygens (including phenoxy) is 4. The number of nitrogens with zero attached hydrogens (tertiary/aromatic N) is 3. The molecule has 0 bridgehead atoms. The largest absolute Gasteiger partial charge is 0.493 e. The van der Waals surface area contributed by atoms with Gasteiger partial charge in [0.05, 0.1) is 26.2 Å². The lowest BCUT2D eigenvalue weighted by Gasteiger charge is -2.45. The summed E-state index contributed by atoms with van der Waals surface area (Å²) in [6.07, 6.45) is 4.32. The topological polar surface area (TPSA) is 97.9 Å². The number of rotatable bonds is 15. The summed E-state index contributed by atoms with van der Waals surface area (Å²) < 4.78 is 35.9. The predicted octanol–water partition coefficient (Wildman–Crippen LogP) is 6.49. The number of carbonyl (C=O) groups excluding carboxylic acids is 3. The molecule has 0 radical (unpaired) electrons. The third-order valence-corrected chi connectivity index (χ3v) is 8.93. The number of methoxy groups -OCH3 is 2. The van der Waals surface area contributed by atoms with Crippen molar-refractivity contribution in [3.63, 3.8) is 0 Å². The quantitative estimate of drug-likeness (QED) is 0.198. The zero-order valence-electron chi connectivity index (χ0n) is 30.2. The van der Waals surface area contributed by atoms with Crippen molar-refractivity contribution in [3.05, 3.63) is 59.4 Å². The molecule has 1 unspecified atom stereocenters. The van der Waals surface area contributed by atoms with E-state index in [4.69, 9.17) is 18.9 Å². The molecule has 2 fully saturated rings. The molecule has 2 aromatic carbocycles. The van der Waals surface area contributed by atoms with Crippen LogP contribution in [0.25, 0.3) is 0 Å². The molecule has 10 nitrogen and oxygen atoms in total. The van der Waals surface area contributed by atoms with E-state index in [1.807, 2.05) is 44.4 Å². The molecule has 4 rings (SSSR count). The number of hydrogen-bond acceptors (Lipinski definition) is 7. The number of likely N-dealkylation sites (tertiary alicyclic amines) is 1. The van der Waals surface area contributed by atoms with Gasteiger partial charge in [0.15, 0.2) is 11.5 Å². The van der Waals surface area contributed by atoms with Crippen LogP contribution in [0.3, 0.4) is 0 Å². The summed E-state index contributed by atoms with van der Waals surface area (Å²) in [6, 6.07) is 10.9. The van der Waals surface area contributed by atoms with E-state index in [2.05, 4.69) is 0 Å². The molecule has 2 atom stereocenters. The van der Waals surface area contributed by atoms with Gasteiger partial charge in [-0.2, -0.15) is 0 Å². The Hall–Kier alpha value is -3.86. The van der Waals surface area contributed by atoms with E-state index in [0.29, 0.717) is 69.0 Å². The molecular formula is C38H54FN3O7. The Balaban J connectivity index is 1.50. The Bertz CT molecular complexity index is 1410. The molecule has 3 amide bonds. The molecule has 1 aliphatic heterocycles. The van der Waals surface area contributed by atoms with Crippen LogP contribution in [0, 0.1) is 5.82 Å². The first kappa shape index (κ1) is 38.0. The first-order chi connectivity index (χ1) is 23.3. The summed E-state index contributed by atoms with van der Waals surface area (Å²) in [4.78, 5) is 46.8. The minimum atomic E-state index is -0.698. The monoisotopic (exact) mass is 683 g/mol. The van der Waals surface area contributed by atoms with Crippen LogP contribution in [0.5, 0.6) is 11.5 Å². The average molecular weight is 684 g/mol. The normalized spacial score (nSPS) is 17.9. The van der Waals surface area contributed by atoms with Gasteiger partial charge >= 0.3 is 6.09 Å². The second kappa shape index (κ2) is 17.2. The maximum absolute atomic E-state index is 14.2. The van der Waals surface area contributed by atoms with Crippen LogP contribution in [-0.4, -0.2) is 103 Å². The van der Waals surface area contributed by atoms with Crippen LogP contribution >= 0.6 is 0 Å². The minimum Gasteiger partial charge on any atom is -0.493 e. The second-order valence-electron chi connectivity index (χ2n) is 14.3. The van der Waals surface area contributed by atoms with Crippen molar-refractivity contribution in [1.29, 1.82) is 0 Å². The lowest BCUT2D eigenvalue weighted by Crippen LogP contribution is -2.58. The molecule has 2 aliphatic rings. The SMILES string of the molecule is COCCCOc1cc(C(=O)N(C(C)C)C2CC[C@@H](CCN(C(=O)Cc3ccc(F)cc3)C3CC3)N(C(=O)OC(C)(C)C)C2)ccc1OC. The van der Waals surface area contributed by atoms with E-state index in [-0.39, 0.29) is 48.2 Å². The third kappa shape index (κ3) is 10.8. The van der Waals surface area contributed by atoms with Gasteiger partial charge in [0.1, 0.15) is 11.4 Å². The Morgan fingerprint density at radius 2 is 1.63 bits per heavy atom. The summed E-state index contributed by atoms with van der Waals surface area (Å²) >= 11 is 0. The molecule has 1 heterocycles. The molecule has 0 aromatic heterocycles. The van der Waals surface area contributed by atoms with Crippen molar-refractivity contribution in [2.45, 2.75) is 109 Å². The lowest BCUT2D eigenvalue weighted by atomic mass is 9.93. The highest BCUT2D eigenvalue weighted by atomic mass is 19.1. The second-order valence-corrected chi connectivity index (χ2v) is 14.3. The Morgan fingerprint density at radius 1 is 0.939 bits per heavy atom. The lowest BCUT2D eigenvalue weighted by molar-refractivity contribution is -0.131. The van der Waals surface area contributed by atoms with Gasteiger partial charge in [-0.3, -0.25) is 9.59 Å². The highest BCUT2D eigenvalue weighted by Crippen LogP contribution is 2.33. The zero-order chi connectivity index (χ0) is 35.7. The van der Waals surface area contributed by atoms with Crippen molar-refractivity contribution in [1.82, 2.24) is 14.7 Å². The van der Waals surface area contributed by atoms with Crippen LogP contribution in [0.2, 0.25) is 0 Å². The first-order valence-electron chi connectivity index (χ1n) is 17.5. The fourth-order valence-electron chi connectivity index (χ4n) is 6.42. The standard InChI is InChI=1S/C38H54FN3O7/c1-26(2)42(36(44)28-11-18-33(47-7)34(24-28)48-22-8-21-46-6)32-17-16-31(41(25-32)37(45)49-38(3,4)5)19-20-40(30-14-15-30)35(43)23-27-9-12-29(39)13-10-27/h9-13,18,24,26,30-32H,8,14-17,19-23,25H2,1-7H3/t31-,32?/m0/s1. The van der Waals surface area contributed by atoms with Gasteiger partial charge in [0, 0.05) is 56.9 Å². The van der Waals surface area contributed by atoms with Gasteiger partial charge in [-0.1, -0.05) is 12.1 Å². The number of hydrogen-bond donors (Lipinski definition) is 0. The van der Waals surface area contributed by atoms with Gasteiger partial charge in [0.25, 0.3) is 5.91 Å². The molecule has 2 aromatic rings. The van der Waals surface area contributed by atoms with Crippen LogP contribution in [0.4, 0.5) is 9.18 Å².